The van der Waals surface area contributed by atoms with E-state index in [1.54, 1.807) is 0 Å². The van der Waals surface area contributed by atoms with Crippen LogP contribution in [-0.4, -0.2) is 15.7 Å². The van der Waals surface area contributed by atoms with E-state index < -0.39 is 0 Å². The minimum absolute atomic E-state index is 0.0993. The number of anilines is 1. The van der Waals surface area contributed by atoms with Crippen molar-refractivity contribution in [2.75, 3.05) is 11.1 Å². The van der Waals surface area contributed by atoms with E-state index in [-0.39, 0.29) is 6.04 Å². The molecule has 0 amide bonds. The van der Waals surface area contributed by atoms with Crippen molar-refractivity contribution in [2.45, 2.75) is 57.9 Å². The molecule has 0 fully saturated rings. The number of fused-ring (bicyclic) bond motifs is 1. The van der Waals surface area contributed by atoms with Crippen LogP contribution in [0.3, 0.4) is 0 Å². The van der Waals surface area contributed by atoms with Crippen molar-refractivity contribution in [3.8, 4) is 11.3 Å². The fourth-order valence-corrected chi connectivity index (χ4v) is 5.17. The molecule has 0 aliphatic carbocycles. The molecule has 4 aromatic rings. The summed E-state index contributed by atoms with van der Waals surface area (Å²) in [6.45, 7) is 8.44. The third-order valence-electron chi connectivity index (χ3n) is 5.49. The highest BCUT2D eigenvalue weighted by molar-refractivity contribution is 7.99. The average Bonchev–Trinajstić information content (AvgIpc) is 2.88. The number of nitrogens with one attached hydrogen (secondary N) is 1. The number of hydrogen-bond acceptors (Lipinski definition) is 4. The Hall–Kier alpha value is -2.56. The quantitative estimate of drug-likeness (QED) is 0.187. The van der Waals surface area contributed by atoms with Crippen LogP contribution in [0.25, 0.3) is 22.2 Å². The molecule has 178 valence electrons. The van der Waals surface area contributed by atoms with Gasteiger partial charge in [-0.3, -0.25) is 4.98 Å². The van der Waals surface area contributed by atoms with Gasteiger partial charge in [-0.05, 0) is 55.0 Å². The Kier molecular flexibility index (Phi) is 10.2. The fourth-order valence-electron chi connectivity index (χ4n) is 3.78. The van der Waals surface area contributed by atoms with Crippen LogP contribution < -0.4 is 5.32 Å². The third kappa shape index (κ3) is 6.52. The van der Waals surface area contributed by atoms with Gasteiger partial charge in [0.05, 0.1) is 17.3 Å². The number of thioether (sulfide) groups is 1. The van der Waals surface area contributed by atoms with Crippen LogP contribution in [-0.2, 0) is 0 Å². The van der Waals surface area contributed by atoms with Crippen LogP contribution in [0.15, 0.2) is 77.8 Å². The molecular weight excluding hydrogens is 458 g/mol. The Morgan fingerprint density at radius 2 is 1.74 bits per heavy atom. The van der Waals surface area contributed by atoms with Gasteiger partial charge in [0.15, 0.2) is 0 Å². The van der Waals surface area contributed by atoms with Gasteiger partial charge in [0.2, 0.25) is 0 Å². The molecular formula is C29H34ClN3S. The summed E-state index contributed by atoms with van der Waals surface area (Å²) in [6.07, 6.45) is 5.58. The van der Waals surface area contributed by atoms with Crippen LogP contribution in [0.5, 0.6) is 0 Å². The topological polar surface area (TPSA) is 37.8 Å². The van der Waals surface area contributed by atoms with Crippen molar-refractivity contribution >= 4 is 40.1 Å². The molecule has 0 saturated carbocycles. The first-order valence-corrected chi connectivity index (χ1v) is 13.5. The summed E-state index contributed by atoms with van der Waals surface area (Å²) in [6, 6.07) is 22.6. The largest absolute Gasteiger partial charge is 0.363 e. The van der Waals surface area contributed by atoms with Gasteiger partial charge in [-0.1, -0.05) is 81.6 Å². The van der Waals surface area contributed by atoms with Crippen molar-refractivity contribution in [1.29, 1.82) is 0 Å². The predicted octanol–water partition coefficient (Wildman–Crippen LogP) is 9.43. The molecule has 1 N–H and O–H groups in total. The summed E-state index contributed by atoms with van der Waals surface area (Å²) in [5.41, 5.74) is 3.91. The standard InChI is InChI=1S/C27H28ClN3S.C2H6/c1-3-4-9-17-32-26-15-8-6-11-20(26)19(2)30-27-22-13-10-16-29-24(22)18-25(31-27)21-12-5-7-14-23(21)28;1-2/h5-8,10-16,18-19H,3-4,9,17H2,1-2H3,(H,30,31);1-2H3. The molecule has 0 bridgehead atoms. The molecule has 0 spiro atoms. The number of hydrogen-bond donors (Lipinski definition) is 1. The van der Waals surface area contributed by atoms with E-state index in [0.29, 0.717) is 5.02 Å². The number of halogens is 1. The maximum atomic E-state index is 6.47. The Balaban J connectivity index is 0.00000158. The average molecular weight is 492 g/mol. The molecule has 0 saturated heterocycles. The van der Waals surface area contributed by atoms with Crippen LogP contribution in [0, 0.1) is 0 Å². The first kappa shape index (κ1) is 26.1. The number of pyridine rings is 2. The zero-order chi connectivity index (χ0) is 24.3. The molecule has 5 heteroatoms. The lowest BCUT2D eigenvalue weighted by molar-refractivity contribution is 0.778. The minimum atomic E-state index is 0.0993. The molecule has 3 nitrogen and oxygen atoms in total. The van der Waals surface area contributed by atoms with Gasteiger partial charge in [0.1, 0.15) is 5.82 Å². The van der Waals surface area contributed by atoms with Gasteiger partial charge < -0.3 is 5.32 Å². The van der Waals surface area contributed by atoms with Gasteiger partial charge in [0, 0.05) is 27.1 Å². The fraction of sp³-hybridized carbons (Fsp3) is 0.310. The minimum Gasteiger partial charge on any atom is -0.363 e. The molecule has 1 unspecified atom stereocenters. The van der Waals surface area contributed by atoms with Crippen molar-refractivity contribution < 1.29 is 0 Å². The van der Waals surface area contributed by atoms with Crippen molar-refractivity contribution in [3.05, 3.63) is 83.5 Å². The number of rotatable bonds is 9. The maximum Gasteiger partial charge on any atom is 0.136 e. The van der Waals surface area contributed by atoms with E-state index >= 15 is 0 Å². The van der Waals surface area contributed by atoms with Gasteiger partial charge in [-0.25, -0.2) is 4.98 Å². The second-order valence-corrected chi connectivity index (χ2v) is 9.41. The highest BCUT2D eigenvalue weighted by atomic mass is 35.5. The smallest absolute Gasteiger partial charge is 0.136 e. The Morgan fingerprint density at radius 3 is 2.53 bits per heavy atom. The molecule has 34 heavy (non-hydrogen) atoms. The van der Waals surface area contributed by atoms with E-state index in [2.05, 4.69) is 54.5 Å². The highest BCUT2D eigenvalue weighted by Gasteiger charge is 2.15. The summed E-state index contributed by atoms with van der Waals surface area (Å²) < 4.78 is 0. The molecule has 0 aliphatic rings. The van der Waals surface area contributed by atoms with E-state index in [1.807, 2.05) is 68.2 Å². The van der Waals surface area contributed by atoms with E-state index in [4.69, 9.17) is 16.6 Å². The first-order chi connectivity index (χ1) is 16.7. The second-order valence-electron chi connectivity index (χ2n) is 7.87. The molecule has 2 aromatic carbocycles. The van der Waals surface area contributed by atoms with Crippen LogP contribution in [0.2, 0.25) is 5.02 Å². The van der Waals surface area contributed by atoms with Gasteiger partial charge in [-0.2, -0.15) is 0 Å². The third-order valence-corrected chi connectivity index (χ3v) is 7.00. The molecule has 4 rings (SSSR count). The zero-order valence-corrected chi connectivity index (χ0v) is 22.1. The zero-order valence-electron chi connectivity index (χ0n) is 20.5. The van der Waals surface area contributed by atoms with Crippen LogP contribution in [0.1, 0.15) is 58.6 Å². The number of nitrogens with zero attached hydrogens (tertiary/aromatic N) is 2. The van der Waals surface area contributed by atoms with Crippen LogP contribution in [0.4, 0.5) is 5.82 Å². The highest BCUT2D eigenvalue weighted by Crippen LogP contribution is 2.34. The van der Waals surface area contributed by atoms with Gasteiger partial charge >= 0.3 is 0 Å². The molecule has 0 radical (unpaired) electrons. The van der Waals surface area contributed by atoms with E-state index in [1.165, 1.54) is 29.7 Å². The molecule has 2 aromatic heterocycles. The van der Waals surface area contributed by atoms with E-state index in [0.717, 1.165) is 33.7 Å². The molecule has 1 atom stereocenters. The van der Waals surface area contributed by atoms with Crippen molar-refractivity contribution in [3.63, 3.8) is 0 Å². The summed E-state index contributed by atoms with van der Waals surface area (Å²) >= 11 is 8.41. The Morgan fingerprint density at radius 1 is 0.971 bits per heavy atom. The van der Waals surface area contributed by atoms with E-state index in [9.17, 15) is 0 Å². The normalized spacial score (nSPS) is 11.6. The molecule has 0 aliphatic heterocycles. The second kappa shape index (κ2) is 13.4. The maximum absolute atomic E-state index is 6.47. The molecule has 2 heterocycles. The SMILES string of the molecule is CC.CCCCCSc1ccccc1C(C)Nc1nc(-c2ccccc2Cl)cc2ncccc12. The Bertz CT molecular complexity index is 1190. The lowest BCUT2D eigenvalue weighted by Crippen LogP contribution is -2.10. The summed E-state index contributed by atoms with van der Waals surface area (Å²) in [7, 11) is 0. The summed E-state index contributed by atoms with van der Waals surface area (Å²) in [5, 5.41) is 5.35. The first-order valence-electron chi connectivity index (χ1n) is 12.2. The lowest BCUT2D eigenvalue weighted by Gasteiger charge is -2.20. The van der Waals surface area contributed by atoms with Gasteiger partial charge in [-0.15, -0.1) is 11.8 Å². The van der Waals surface area contributed by atoms with Crippen molar-refractivity contribution in [1.82, 2.24) is 9.97 Å². The van der Waals surface area contributed by atoms with Crippen molar-refractivity contribution in [2.24, 2.45) is 0 Å². The number of benzene rings is 2. The Labute approximate surface area is 213 Å². The summed E-state index contributed by atoms with van der Waals surface area (Å²) in [4.78, 5) is 10.9. The monoisotopic (exact) mass is 491 g/mol. The van der Waals surface area contributed by atoms with Gasteiger partial charge in [0.25, 0.3) is 0 Å². The van der Waals surface area contributed by atoms with Crippen LogP contribution >= 0.6 is 23.4 Å². The number of unbranched alkanes of at least 4 members (excludes halogenated alkanes) is 2. The lowest BCUT2D eigenvalue weighted by atomic mass is 10.1. The summed E-state index contributed by atoms with van der Waals surface area (Å²) in [5.74, 6) is 1.97. The predicted molar refractivity (Wildman–Crippen MR) is 150 cm³/mol. The number of aromatic nitrogens is 2.